The van der Waals surface area contributed by atoms with Crippen LogP contribution in [-0.4, -0.2) is 18.1 Å². The Morgan fingerprint density at radius 2 is 2.29 bits per heavy atom. The predicted octanol–water partition coefficient (Wildman–Crippen LogP) is 0.00250. The van der Waals surface area contributed by atoms with Crippen molar-refractivity contribution in [2.45, 2.75) is 0 Å². The van der Waals surface area contributed by atoms with Gasteiger partial charge in [0.2, 0.25) is 0 Å². The normalized spacial score (nSPS) is 7.57. The van der Waals surface area contributed by atoms with Gasteiger partial charge in [0.25, 0.3) is 0 Å². The molecule has 2 amide bonds. The molecule has 1 radical (unpaired) electrons. The number of nitroso groups, excluding NO2 is 1. The van der Waals surface area contributed by atoms with Crippen molar-refractivity contribution in [2.24, 2.45) is 5.29 Å². The molecule has 0 aliphatic heterocycles. The van der Waals surface area contributed by atoms with Crippen molar-refractivity contribution >= 4 is 6.03 Å². The summed E-state index contributed by atoms with van der Waals surface area (Å²) < 4.78 is 0. The second-order valence-corrected chi connectivity index (χ2v) is 0.910. The highest BCUT2D eigenvalue weighted by Gasteiger charge is 1.98. The average Bonchev–Trinajstić information content (AvgIpc) is 1.65. The summed E-state index contributed by atoms with van der Waals surface area (Å²) >= 11 is 0. The average molecular weight is 102 g/mol. The lowest BCUT2D eigenvalue weighted by Gasteiger charge is -1.95. The van der Waals surface area contributed by atoms with Crippen molar-refractivity contribution in [3.63, 3.8) is 0 Å². The van der Waals surface area contributed by atoms with E-state index in [0.29, 0.717) is 5.01 Å². The van der Waals surface area contributed by atoms with Gasteiger partial charge in [0, 0.05) is 7.05 Å². The lowest BCUT2D eigenvalue weighted by molar-refractivity contribution is 0.218. The molecule has 0 saturated heterocycles. The van der Waals surface area contributed by atoms with Gasteiger partial charge in [-0.2, -0.15) is 5.01 Å². The molecule has 0 unspecified atom stereocenters. The van der Waals surface area contributed by atoms with Gasteiger partial charge in [-0.05, 0) is 0 Å². The summed E-state index contributed by atoms with van der Waals surface area (Å²) in [5, 5.41) is 2.52. The lowest BCUT2D eigenvalue weighted by atomic mass is 11.0. The van der Waals surface area contributed by atoms with E-state index < -0.39 is 6.03 Å². The van der Waals surface area contributed by atoms with E-state index in [0.717, 1.165) is 7.05 Å². The predicted molar refractivity (Wildman–Crippen MR) is 22.1 cm³/mol. The number of nitrogens with one attached hydrogen (secondary N) is 1. The minimum absolute atomic E-state index is 0.389. The van der Waals surface area contributed by atoms with Crippen LogP contribution in [0.15, 0.2) is 5.29 Å². The van der Waals surface area contributed by atoms with Crippen LogP contribution in [-0.2, 0) is 0 Å². The Hall–Kier alpha value is -1.13. The van der Waals surface area contributed by atoms with Crippen molar-refractivity contribution in [3.05, 3.63) is 4.91 Å². The maximum atomic E-state index is 9.67. The highest BCUT2D eigenvalue weighted by Crippen LogP contribution is 1.78. The number of hydrogen-bond donors (Lipinski definition) is 0. The Kier molecular flexibility index (Phi) is 1.78. The van der Waals surface area contributed by atoms with Crippen molar-refractivity contribution in [1.82, 2.24) is 10.7 Å². The third-order valence-corrected chi connectivity index (χ3v) is 0.416. The zero-order valence-corrected chi connectivity index (χ0v) is 3.71. The first-order valence-electron chi connectivity index (χ1n) is 1.51. The molecule has 0 atom stereocenters. The minimum Gasteiger partial charge on any atom is -0.246 e. The molecule has 1 N–H and O–H groups in total. The summed E-state index contributed by atoms with van der Waals surface area (Å²) in [6, 6.07) is -1.10. The Labute approximate surface area is 40.0 Å². The monoisotopic (exact) mass is 102 g/mol. The van der Waals surface area contributed by atoms with Crippen LogP contribution in [0.5, 0.6) is 0 Å². The molecule has 7 heavy (non-hydrogen) atoms. The van der Waals surface area contributed by atoms with Crippen molar-refractivity contribution in [3.8, 4) is 0 Å². The van der Waals surface area contributed by atoms with Crippen LogP contribution in [0.1, 0.15) is 0 Å². The van der Waals surface area contributed by atoms with Gasteiger partial charge < -0.3 is 0 Å². The van der Waals surface area contributed by atoms with Crippen LogP contribution in [0.4, 0.5) is 4.79 Å². The highest BCUT2D eigenvalue weighted by molar-refractivity contribution is 5.70. The summed E-state index contributed by atoms with van der Waals surface area (Å²) in [6.45, 7) is 0. The number of carbonyl (C=O) groups excluding carboxylic acids is 1. The van der Waals surface area contributed by atoms with E-state index in [-0.39, 0.29) is 0 Å². The zero-order chi connectivity index (χ0) is 5.86. The van der Waals surface area contributed by atoms with Gasteiger partial charge in [-0.15, -0.1) is 4.91 Å². The third-order valence-electron chi connectivity index (χ3n) is 0.416. The summed E-state index contributed by atoms with van der Waals surface area (Å²) in [7, 11) is 1.11. The molecule has 0 bridgehead atoms. The lowest BCUT2D eigenvalue weighted by Crippen LogP contribution is -2.18. The number of urea groups is 1. The molecule has 0 saturated carbocycles. The Morgan fingerprint density at radius 3 is 2.29 bits per heavy atom. The molecule has 0 rings (SSSR count). The van der Waals surface area contributed by atoms with Crippen molar-refractivity contribution in [2.75, 3.05) is 7.05 Å². The first-order valence-corrected chi connectivity index (χ1v) is 1.51. The summed E-state index contributed by atoms with van der Waals surface area (Å²) in [4.78, 5) is 19.0. The Balaban J connectivity index is 3.55. The first-order chi connectivity index (χ1) is 3.18. The SMILES string of the molecule is CN(N=O)C([NH])=O. The van der Waals surface area contributed by atoms with E-state index in [1.54, 1.807) is 0 Å². The van der Waals surface area contributed by atoms with E-state index in [2.05, 4.69) is 5.29 Å². The van der Waals surface area contributed by atoms with Crippen LogP contribution in [0.25, 0.3) is 0 Å². The number of amides is 2. The molecule has 39 valence electrons. The van der Waals surface area contributed by atoms with Gasteiger partial charge in [-0.3, -0.25) is 0 Å². The zero-order valence-electron chi connectivity index (χ0n) is 3.71. The molecule has 0 fully saturated rings. The van der Waals surface area contributed by atoms with Crippen molar-refractivity contribution < 1.29 is 4.79 Å². The Bertz CT molecular complexity index is 90.9. The third kappa shape index (κ3) is 1.69. The van der Waals surface area contributed by atoms with E-state index in [1.165, 1.54) is 0 Å². The van der Waals surface area contributed by atoms with Crippen LogP contribution < -0.4 is 5.73 Å². The van der Waals surface area contributed by atoms with Crippen LogP contribution >= 0.6 is 0 Å². The fourth-order valence-electron chi connectivity index (χ4n) is 0.0371. The molecular weight excluding hydrogens is 98.0 g/mol. The molecular formula is C2H4N3O2. The van der Waals surface area contributed by atoms with E-state index in [4.69, 9.17) is 5.73 Å². The first kappa shape index (κ1) is 5.87. The highest BCUT2D eigenvalue weighted by atomic mass is 16.3. The number of nitrogens with zero attached hydrogens (tertiary/aromatic N) is 2. The van der Waals surface area contributed by atoms with Gasteiger partial charge in [0.15, 0.2) is 0 Å². The fraction of sp³-hybridized carbons (Fsp3) is 0.500. The number of carbonyl (C=O) groups is 1. The quantitative estimate of drug-likeness (QED) is 0.345. The second-order valence-electron chi connectivity index (χ2n) is 0.910. The van der Waals surface area contributed by atoms with Crippen LogP contribution in [0, 0.1) is 4.91 Å². The van der Waals surface area contributed by atoms with Crippen molar-refractivity contribution in [1.29, 1.82) is 0 Å². The van der Waals surface area contributed by atoms with Gasteiger partial charge in [-0.25, -0.2) is 10.5 Å². The molecule has 0 heterocycles. The molecule has 0 spiro atoms. The van der Waals surface area contributed by atoms with E-state index in [9.17, 15) is 9.70 Å². The number of hydrogen-bond acceptors (Lipinski definition) is 3. The molecule has 0 aromatic heterocycles. The van der Waals surface area contributed by atoms with Crippen LogP contribution in [0.3, 0.4) is 0 Å². The maximum absolute atomic E-state index is 9.67. The molecule has 0 aliphatic rings. The van der Waals surface area contributed by atoms with Crippen LogP contribution in [0.2, 0.25) is 0 Å². The van der Waals surface area contributed by atoms with E-state index in [1.807, 2.05) is 0 Å². The summed E-state index contributed by atoms with van der Waals surface area (Å²) in [6.07, 6.45) is 0. The topological polar surface area (TPSA) is 73.5 Å². The molecule has 0 aromatic carbocycles. The molecule has 5 heteroatoms. The van der Waals surface area contributed by atoms with Gasteiger partial charge in [0.05, 0.1) is 5.29 Å². The summed E-state index contributed by atoms with van der Waals surface area (Å²) in [5.74, 6) is 0. The molecule has 0 aromatic rings. The van der Waals surface area contributed by atoms with Gasteiger partial charge >= 0.3 is 6.03 Å². The molecule has 0 aliphatic carbocycles. The summed E-state index contributed by atoms with van der Waals surface area (Å²) in [5.41, 5.74) is 6.18. The Morgan fingerprint density at radius 1 is 1.86 bits per heavy atom. The standard InChI is InChI=1S/C2H4N3O2/c1-5(4-7)2(3)6/h3H,1H3. The molecule has 5 nitrogen and oxygen atoms in total. The maximum Gasteiger partial charge on any atom is 0.358 e. The largest absolute Gasteiger partial charge is 0.358 e. The minimum atomic E-state index is -1.10. The van der Waals surface area contributed by atoms with E-state index >= 15 is 0 Å². The number of rotatable bonds is 1. The van der Waals surface area contributed by atoms with Gasteiger partial charge in [0.1, 0.15) is 0 Å². The smallest absolute Gasteiger partial charge is 0.246 e. The fourth-order valence-corrected chi connectivity index (χ4v) is 0.0371. The van der Waals surface area contributed by atoms with Gasteiger partial charge in [-0.1, -0.05) is 0 Å². The second kappa shape index (κ2) is 2.12.